The standard InChI is InChI=1S/C19H18ClN5O3/c1-19(2,3)16-13(21-9-22-16)8-15-18(27)23-14(17(26)24-15)7-10-6-11(25-28)4-5-12(10)20/h4-9H,1-3H3,(H,21,22)(H,23,27)(H,24,26)/b14-7-,15-8-. The number of benzene rings is 1. The van der Waals surface area contributed by atoms with Gasteiger partial charge in [-0.2, -0.15) is 0 Å². The number of aromatic amines is 3. The zero-order valence-corrected chi connectivity index (χ0v) is 16.2. The van der Waals surface area contributed by atoms with E-state index >= 15 is 0 Å². The number of nitroso groups, excluding NO2 is 1. The average molecular weight is 400 g/mol. The van der Waals surface area contributed by atoms with E-state index in [-0.39, 0.29) is 21.8 Å². The minimum atomic E-state index is -0.515. The first-order valence-corrected chi connectivity index (χ1v) is 8.79. The van der Waals surface area contributed by atoms with Gasteiger partial charge in [-0.15, -0.1) is 4.91 Å². The van der Waals surface area contributed by atoms with E-state index in [1.165, 1.54) is 36.7 Å². The Morgan fingerprint density at radius 3 is 2.32 bits per heavy atom. The van der Waals surface area contributed by atoms with E-state index < -0.39 is 11.1 Å². The molecule has 0 radical (unpaired) electrons. The molecule has 2 aromatic heterocycles. The lowest BCUT2D eigenvalue weighted by Gasteiger charge is -2.16. The van der Waals surface area contributed by atoms with Gasteiger partial charge in [-0.05, 0) is 41.1 Å². The normalized spacial score (nSPS) is 13.1. The molecule has 144 valence electrons. The number of imidazole rings is 1. The van der Waals surface area contributed by atoms with Gasteiger partial charge in [0.1, 0.15) is 16.4 Å². The molecule has 0 spiro atoms. The zero-order chi connectivity index (χ0) is 20.5. The van der Waals surface area contributed by atoms with E-state index in [9.17, 15) is 14.5 Å². The molecule has 9 heteroatoms. The van der Waals surface area contributed by atoms with Crippen LogP contribution in [0, 0.1) is 4.91 Å². The molecule has 3 rings (SSSR count). The van der Waals surface area contributed by atoms with Crippen LogP contribution in [0.5, 0.6) is 0 Å². The van der Waals surface area contributed by atoms with Gasteiger partial charge >= 0.3 is 0 Å². The lowest BCUT2D eigenvalue weighted by molar-refractivity contribution is 0.571. The molecule has 0 amide bonds. The van der Waals surface area contributed by atoms with E-state index in [1.807, 2.05) is 20.8 Å². The molecule has 0 atom stereocenters. The van der Waals surface area contributed by atoms with Crippen molar-refractivity contribution >= 4 is 29.4 Å². The monoisotopic (exact) mass is 399 g/mol. The van der Waals surface area contributed by atoms with E-state index in [0.29, 0.717) is 16.3 Å². The van der Waals surface area contributed by atoms with Gasteiger partial charge in [-0.25, -0.2) is 4.98 Å². The molecule has 0 unspecified atom stereocenters. The molecule has 3 N–H and O–H groups in total. The van der Waals surface area contributed by atoms with Crippen LogP contribution in [0.2, 0.25) is 5.02 Å². The van der Waals surface area contributed by atoms with Crippen LogP contribution in [0.1, 0.15) is 37.7 Å². The fourth-order valence-electron chi connectivity index (χ4n) is 2.70. The molecule has 2 heterocycles. The van der Waals surface area contributed by atoms with Crippen LogP contribution < -0.4 is 21.8 Å². The first-order valence-electron chi connectivity index (χ1n) is 8.42. The van der Waals surface area contributed by atoms with E-state index in [2.05, 4.69) is 25.1 Å². The molecule has 0 bridgehead atoms. The maximum atomic E-state index is 12.5. The molecule has 28 heavy (non-hydrogen) atoms. The third kappa shape index (κ3) is 4.01. The first-order chi connectivity index (χ1) is 13.2. The number of hydrogen-bond acceptors (Lipinski definition) is 5. The summed E-state index contributed by atoms with van der Waals surface area (Å²) in [6, 6.07) is 4.37. The Labute approximate surface area is 164 Å². The zero-order valence-electron chi connectivity index (χ0n) is 15.5. The van der Waals surface area contributed by atoms with Crippen LogP contribution in [0.4, 0.5) is 5.69 Å². The number of H-pyrrole nitrogens is 3. The van der Waals surface area contributed by atoms with Crippen molar-refractivity contribution in [2.24, 2.45) is 5.18 Å². The summed E-state index contributed by atoms with van der Waals surface area (Å²) in [5, 5.41) is 3.23. The van der Waals surface area contributed by atoms with E-state index in [1.54, 1.807) is 0 Å². The number of aromatic nitrogens is 4. The number of rotatable bonds is 3. The van der Waals surface area contributed by atoms with E-state index in [4.69, 9.17) is 11.6 Å². The van der Waals surface area contributed by atoms with Crippen molar-refractivity contribution < 1.29 is 0 Å². The first kappa shape index (κ1) is 19.5. The van der Waals surface area contributed by atoms with Crippen molar-refractivity contribution in [1.29, 1.82) is 0 Å². The van der Waals surface area contributed by atoms with Gasteiger partial charge in [0.25, 0.3) is 11.1 Å². The predicted molar refractivity (Wildman–Crippen MR) is 108 cm³/mol. The van der Waals surface area contributed by atoms with Crippen LogP contribution in [0.25, 0.3) is 12.2 Å². The smallest absolute Gasteiger partial charge is 0.272 e. The minimum absolute atomic E-state index is 0.00479. The number of nitrogens with zero attached hydrogens (tertiary/aromatic N) is 2. The molecule has 0 aliphatic carbocycles. The van der Waals surface area contributed by atoms with Crippen LogP contribution in [-0.4, -0.2) is 19.9 Å². The SMILES string of the molecule is CC(C)(C)c1[nH]cnc1/C=c1\[nH]c(=O)/c(=C/c2cc(N=O)ccc2Cl)[nH]c1=O. The van der Waals surface area contributed by atoms with Gasteiger partial charge in [0.15, 0.2) is 0 Å². The Morgan fingerprint density at radius 1 is 1.07 bits per heavy atom. The van der Waals surface area contributed by atoms with Gasteiger partial charge in [0, 0.05) is 16.1 Å². The summed E-state index contributed by atoms with van der Waals surface area (Å²) in [5.41, 5.74) is 0.740. The Kier molecular flexibility index (Phi) is 5.15. The quantitative estimate of drug-likeness (QED) is 0.581. The molecular weight excluding hydrogens is 382 g/mol. The molecule has 0 fully saturated rings. The second kappa shape index (κ2) is 7.40. The van der Waals surface area contributed by atoms with Gasteiger partial charge < -0.3 is 15.0 Å². The lowest BCUT2D eigenvalue weighted by Crippen LogP contribution is -2.46. The van der Waals surface area contributed by atoms with Crippen molar-refractivity contribution in [2.75, 3.05) is 0 Å². The number of halogens is 1. The highest BCUT2D eigenvalue weighted by Gasteiger charge is 2.19. The largest absolute Gasteiger partial charge is 0.348 e. The highest BCUT2D eigenvalue weighted by molar-refractivity contribution is 6.32. The van der Waals surface area contributed by atoms with Crippen LogP contribution in [-0.2, 0) is 5.41 Å². The fourth-order valence-corrected chi connectivity index (χ4v) is 2.87. The molecule has 0 aliphatic rings. The second-order valence-electron chi connectivity index (χ2n) is 7.23. The van der Waals surface area contributed by atoms with Crippen molar-refractivity contribution in [2.45, 2.75) is 26.2 Å². The molecule has 0 aliphatic heterocycles. The van der Waals surface area contributed by atoms with Crippen LogP contribution >= 0.6 is 11.6 Å². The minimum Gasteiger partial charge on any atom is -0.348 e. The van der Waals surface area contributed by atoms with Crippen molar-refractivity contribution in [1.82, 2.24) is 19.9 Å². The fraction of sp³-hybridized carbons (Fsp3) is 0.211. The van der Waals surface area contributed by atoms with Crippen LogP contribution in [0.15, 0.2) is 39.3 Å². The highest BCUT2D eigenvalue weighted by Crippen LogP contribution is 2.23. The van der Waals surface area contributed by atoms with Gasteiger partial charge in [-0.1, -0.05) is 32.4 Å². The summed E-state index contributed by atoms with van der Waals surface area (Å²) in [5.74, 6) is 0. The molecule has 1 aromatic carbocycles. The maximum absolute atomic E-state index is 12.5. The molecule has 3 aromatic rings. The number of hydrogen-bond donors (Lipinski definition) is 3. The third-order valence-corrected chi connectivity index (χ3v) is 4.41. The number of nitrogens with one attached hydrogen (secondary N) is 3. The molecule has 8 nitrogen and oxygen atoms in total. The highest BCUT2D eigenvalue weighted by atomic mass is 35.5. The summed E-state index contributed by atoms with van der Waals surface area (Å²) in [6.45, 7) is 6.03. The summed E-state index contributed by atoms with van der Waals surface area (Å²) in [6.07, 6.45) is 4.44. The average Bonchev–Trinajstić information content (AvgIpc) is 3.09. The summed E-state index contributed by atoms with van der Waals surface area (Å²) < 4.78 is 0. The van der Waals surface area contributed by atoms with Gasteiger partial charge in [0.2, 0.25) is 0 Å². The van der Waals surface area contributed by atoms with Gasteiger partial charge in [-0.3, -0.25) is 9.59 Å². The Hall–Kier alpha value is -3.26. The topological polar surface area (TPSA) is 124 Å². The Balaban J connectivity index is 2.16. The van der Waals surface area contributed by atoms with Gasteiger partial charge in [0.05, 0.1) is 12.0 Å². The Morgan fingerprint density at radius 2 is 1.71 bits per heavy atom. The third-order valence-electron chi connectivity index (χ3n) is 4.07. The Bertz CT molecular complexity index is 1280. The second-order valence-corrected chi connectivity index (χ2v) is 7.64. The predicted octanol–water partition coefficient (Wildman–Crippen LogP) is 1.79. The van der Waals surface area contributed by atoms with Crippen molar-refractivity contribution in [3.8, 4) is 0 Å². The summed E-state index contributed by atoms with van der Waals surface area (Å²) >= 11 is 6.08. The summed E-state index contributed by atoms with van der Waals surface area (Å²) in [4.78, 5) is 48.0. The van der Waals surface area contributed by atoms with Crippen LogP contribution in [0.3, 0.4) is 0 Å². The summed E-state index contributed by atoms with van der Waals surface area (Å²) in [7, 11) is 0. The van der Waals surface area contributed by atoms with Crippen molar-refractivity contribution in [3.63, 3.8) is 0 Å². The van der Waals surface area contributed by atoms with Crippen molar-refractivity contribution in [3.05, 3.63) is 82.8 Å². The molecular formula is C19H18ClN5O3. The molecule has 0 saturated carbocycles. The van der Waals surface area contributed by atoms with E-state index in [0.717, 1.165) is 5.69 Å². The lowest BCUT2D eigenvalue weighted by atomic mass is 9.90. The maximum Gasteiger partial charge on any atom is 0.272 e. The molecule has 0 saturated heterocycles.